The van der Waals surface area contributed by atoms with Crippen LogP contribution < -0.4 is 21.7 Å². The van der Waals surface area contributed by atoms with Crippen molar-refractivity contribution in [2.24, 2.45) is 5.73 Å². The van der Waals surface area contributed by atoms with Crippen molar-refractivity contribution >= 4 is 23.3 Å². The number of amidine groups is 1. The summed E-state index contributed by atoms with van der Waals surface area (Å²) in [6.45, 7) is -0.490. The minimum Gasteiger partial charge on any atom is -0.394 e. The second kappa shape index (κ2) is 11.5. The molecule has 2 aromatic carbocycles. The molecule has 30 heavy (non-hydrogen) atoms. The SMILES string of the molecule is N=C(N)c1cccc(NC(C(=O)NCC(=O)NCCc2ccccc2)C(O)CO)c1. The number of amides is 2. The molecule has 0 aliphatic heterocycles. The van der Waals surface area contributed by atoms with E-state index in [1.165, 1.54) is 0 Å². The lowest BCUT2D eigenvalue weighted by Crippen LogP contribution is -2.50. The lowest BCUT2D eigenvalue weighted by molar-refractivity contribution is -0.128. The summed E-state index contributed by atoms with van der Waals surface area (Å²) in [6, 6.07) is 14.9. The van der Waals surface area contributed by atoms with Crippen LogP contribution >= 0.6 is 0 Å². The van der Waals surface area contributed by atoms with Gasteiger partial charge in [0.05, 0.1) is 13.2 Å². The molecular weight excluding hydrogens is 386 g/mol. The molecule has 0 saturated carbocycles. The van der Waals surface area contributed by atoms with E-state index in [1.54, 1.807) is 24.3 Å². The van der Waals surface area contributed by atoms with Crippen LogP contribution in [-0.2, 0) is 16.0 Å². The van der Waals surface area contributed by atoms with Crippen molar-refractivity contribution in [1.82, 2.24) is 10.6 Å². The third-order valence-corrected chi connectivity index (χ3v) is 4.35. The van der Waals surface area contributed by atoms with Crippen molar-refractivity contribution < 1.29 is 19.8 Å². The number of carbonyl (C=O) groups excluding carboxylic acids is 2. The second-order valence-corrected chi connectivity index (χ2v) is 6.67. The minimum absolute atomic E-state index is 0.144. The molecule has 160 valence electrons. The summed E-state index contributed by atoms with van der Waals surface area (Å²) in [4.78, 5) is 24.5. The summed E-state index contributed by atoms with van der Waals surface area (Å²) < 4.78 is 0. The van der Waals surface area contributed by atoms with Crippen molar-refractivity contribution in [3.05, 3.63) is 65.7 Å². The molecule has 8 N–H and O–H groups in total. The number of nitrogens with two attached hydrogens (primary N) is 1. The molecule has 0 aromatic heterocycles. The lowest BCUT2D eigenvalue weighted by Gasteiger charge is -2.23. The highest BCUT2D eigenvalue weighted by molar-refractivity contribution is 5.96. The molecule has 2 amide bonds. The van der Waals surface area contributed by atoms with E-state index in [9.17, 15) is 19.8 Å². The second-order valence-electron chi connectivity index (χ2n) is 6.67. The molecular formula is C21H27N5O4. The number of hydrogen-bond donors (Lipinski definition) is 7. The smallest absolute Gasteiger partial charge is 0.245 e. The number of anilines is 1. The average Bonchev–Trinajstić information content (AvgIpc) is 2.76. The van der Waals surface area contributed by atoms with E-state index in [0.717, 1.165) is 5.56 Å². The Hall–Kier alpha value is -3.43. The Morgan fingerprint density at radius 3 is 2.47 bits per heavy atom. The number of nitrogens with one attached hydrogen (secondary N) is 4. The van der Waals surface area contributed by atoms with Gasteiger partial charge in [0, 0.05) is 17.8 Å². The first kappa shape index (κ1) is 22.9. The standard InChI is InChI=1S/C21H27N5O4/c22-20(23)15-7-4-8-16(11-15)26-19(17(28)13-27)21(30)25-12-18(29)24-10-9-14-5-2-1-3-6-14/h1-8,11,17,19,26-28H,9-10,12-13H2,(H3,22,23)(H,24,29)(H,25,30). The zero-order chi connectivity index (χ0) is 21.9. The number of hydrogen-bond acceptors (Lipinski definition) is 6. The first-order valence-corrected chi connectivity index (χ1v) is 9.49. The number of aliphatic hydroxyl groups excluding tert-OH is 2. The number of carbonyl (C=O) groups is 2. The topological polar surface area (TPSA) is 161 Å². The third-order valence-electron chi connectivity index (χ3n) is 4.35. The molecule has 2 aromatic rings. The van der Waals surface area contributed by atoms with E-state index in [0.29, 0.717) is 24.2 Å². The summed E-state index contributed by atoms with van der Waals surface area (Å²) >= 11 is 0. The Labute approximate surface area is 174 Å². The van der Waals surface area contributed by atoms with Crippen molar-refractivity contribution in [3.63, 3.8) is 0 Å². The van der Waals surface area contributed by atoms with Crippen molar-refractivity contribution in [1.29, 1.82) is 5.41 Å². The number of aliphatic hydroxyl groups is 2. The Morgan fingerprint density at radius 2 is 1.80 bits per heavy atom. The quantitative estimate of drug-likeness (QED) is 0.196. The van der Waals surface area contributed by atoms with Crippen molar-refractivity contribution in [2.45, 2.75) is 18.6 Å². The first-order chi connectivity index (χ1) is 14.4. The van der Waals surface area contributed by atoms with Gasteiger partial charge in [-0.15, -0.1) is 0 Å². The van der Waals surface area contributed by atoms with Crippen LogP contribution in [0.2, 0.25) is 0 Å². The van der Waals surface area contributed by atoms with Crippen LogP contribution in [-0.4, -0.2) is 59.7 Å². The summed E-state index contributed by atoms with van der Waals surface area (Å²) in [6.07, 6.45) is -0.729. The molecule has 9 heteroatoms. The molecule has 0 fully saturated rings. The van der Waals surface area contributed by atoms with E-state index < -0.39 is 24.7 Å². The van der Waals surface area contributed by atoms with Gasteiger partial charge >= 0.3 is 0 Å². The summed E-state index contributed by atoms with van der Waals surface area (Å²) in [7, 11) is 0. The predicted octanol–water partition coefficient (Wildman–Crippen LogP) is -0.421. The van der Waals surface area contributed by atoms with Gasteiger partial charge < -0.3 is 31.9 Å². The molecule has 0 heterocycles. The predicted molar refractivity (Wildman–Crippen MR) is 114 cm³/mol. The van der Waals surface area contributed by atoms with Gasteiger partial charge in [-0.2, -0.15) is 0 Å². The normalized spacial score (nSPS) is 12.5. The van der Waals surface area contributed by atoms with E-state index in [2.05, 4.69) is 16.0 Å². The van der Waals surface area contributed by atoms with Crippen LogP contribution in [0.15, 0.2) is 54.6 Å². The number of benzene rings is 2. The van der Waals surface area contributed by atoms with Crippen LogP contribution in [0.1, 0.15) is 11.1 Å². The van der Waals surface area contributed by atoms with Gasteiger partial charge in [0.15, 0.2) is 0 Å². The molecule has 2 atom stereocenters. The molecule has 9 nitrogen and oxygen atoms in total. The van der Waals surface area contributed by atoms with Crippen LogP contribution in [0, 0.1) is 5.41 Å². The van der Waals surface area contributed by atoms with Crippen LogP contribution in [0.25, 0.3) is 0 Å². The maximum absolute atomic E-state index is 12.5. The fourth-order valence-electron chi connectivity index (χ4n) is 2.73. The van der Waals surface area contributed by atoms with E-state index >= 15 is 0 Å². The maximum atomic E-state index is 12.5. The summed E-state index contributed by atoms with van der Waals surface area (Å²) in [5.74, 6) is -1.16. The van der Waals surface area contributed by atoms with Gasteiger partial charge in [0.1, 0.15) is 18.0 Å². The summed E-state index contributed by atoms with van der Waals surface area (Å²) in [5, 5.41) is 34.7. The Bertz CT molecular complexity index is 859. The molecule has 0 aliphatic rings. The molecule has 0 saturated heterocycles. The average molecular weight is 413 g/mol. The zero-order valence-electron chi connectivity index (χ0n) is 16.5. The molecule has 2 unspecified atom stereocenters. The fourth-order valence-corrected chi connectivity index (χ4v) is 2.73. The van der Waals surface area contributed by atoms with Crippen LogP contribution in [0.3, 0.4) is 0 Å². The van der Waals surface area contributed by atoms with E-state index in [4.69, 9.17) is 11.1 Å². The molecule has 0 bridgehead atoms. The molecule has 0 spiro atoms. The summed E-state index contributed by atoms with van der Waals surface area (Å²) in [5.41, 5.74) is 7.42. The fraction of sp³-hybridized carbons (Fsp3) is 0.286. The highest BCUT2D eigenvalue weighted by atomic mass is 16.3. The van der Waals surface area contributed by atoms with E-state index in [1.807, 2.05) is 30.3 Å². The number of nitrogen functional groups attached to an aromatic ring is 1. The maximum Gasteiger partial charge on any atom is 0.245 e. The lowest BCUT2D eigenvalue weighted by atomic mass is 10.1. The zero-order valence-corrected chi connectivity index (χ0v) is 16.5. The monoisotopic (exact) mass is 413 g/mol. The van der Waals surface area contributed by atoms with Gasteiger partial charge in [-0.1, -0.05) is 42.5 Å². The highest BCUT2D eigenvalue weighted by Crippen LogP contribution is 2.13. The molecule has 2 rings (SSSR count). The minimum atomic E-state index is -1.40. The van der Waals surface area contributed by atoms with Crippen LogP contribution in [0.5, 0.6) is 0 Å². The largest absolute Gasteiger partial charge is 0.394 e. The van der Waals surface area contributed by atoms with Crippen molar-refractivity contribution in [3.8, 4) is 0 Å². The van der Waals surface area contributed by atoms with Gasteiger partial charge in [0.2, 0.25) is 11.8 Å². The highest BCUT2D eigenvalue weighted by Gasteiger charge is 2.26. The van der Waals surface area contributed by atoms with Crippen LogP contribution in [0.4, 0.5) is 5.69 Å². The van der Waals surface area contributed by atoms with E-state index in [-0.39, 0.29) is 18.3 Å². The van der Waals surface area contributed by atoms with Gasteiger partial charge in [-0.25, -0.2) is 0 Å². The molecule has 0 radical (unpaired) electrons. The van der Waals surface area contributed by atoms with Crippen molar-refractivity contribution in [2.75, 3.05) is 25.0 Å². The number of rotatable bonds is 11. The first-order valence-electron chi connectivity index (χ1n) is 9.49. The Balaban J connectivity index is 1.87. The Kier molecular flexibility index (Phi) is 8.79. The molecule has 0 aliphatic carbocycles. The third kappa shape index (κ3) is 7.19. The van der Waals surface area contributed by atoms with Gasteiger partial charge in [0.25, 0.3) is 0 Å². The van der Waals surface area contributed by atoms with Gasteiger partial charge in [-0.3, -0.25) is 15.0 Å². The Morgan fingerprint density at radius 1 is 1.07 bits per heavy atom. The van der Waals surface area contributed by atoms with Gasteiger partial charge in [-0.05, 0) is 24.1 Å².